The number of fused-ring (bicyclic) bond motifs is 1. The molecule has 102 valence electrons. The van der Waals surface area contributed by atoms with E-state index in [0.717, 1.165) is 34.7 Å². The molecule has 0 fully saturated rings. The number of nitrogens with one attached hydrogen (secondary N) is 1. The van der Waals surface area contributed by atoms with Gasteiger partial charge in [-0.05, 0) is 31.2 Å². The van der Waals surface area contributed by atoms with Crippen LogP contribution in [0.4, 0.5) is 0 Å². The zero-order chi connectivity index (χ0) is 13.9. The van der Waals surface area contributed by atoms with Crippen molar-refractivity contribution in [2.24, 2.45) is 0 Å². The SMILES string of the molecule is CCNC(c1ncc(C)cn1)c1cc2ccccc2o1. The molecule has 0 bridgehead atoms. The molecule has 1 aromatic carbocycles. The van der Waals surface area contributed by atoms with Crippen LogP contribution >= 0.6 is 0 Å². The van der Waals surface area contributed by atoms with Gasteiger partial charge < -0.3 is 9.73 Å². The molecule has 1 unspecified atom stereocenters. The molecule has 0 radical (unpaired) electrons. The Hall–Kier alpha value is -2.20. The van der Waals surface area contributed by atoms with Crippen molar-refractivity contribution in [3.8, 4) is 0 Å². The van der Waals surface area contributed by atoms with Gasteiger partial charge in [0.05, 0.1) is 0 Å². The number of benzene rings is 1. The van der Waals surface area contributed by atoms with Crippen molar-refractivity contribution in [3.63, 3.8) is 0 Å². The van der Waals surface area contributed by atoms with Crippen LogP contribution in [0.5, 0.6) is 0 Å². The van der Waals surface area contributed by atoms with Crippen LogP contribution in [0.25, 0.3) is 11.0 Å². The van der Waals surface area contributed by atoms with E-state index in [9.17, 15) is 0 Å². The average molecular weight is 267 g/mol. The van der Waals surface area contributed by atoms with E-state index >= 15 is 0 Å². The van der Waals surface area contributed by atoms with E-state index in [1.54, 1.807) is 0 Å². The third-order valence-corrected chi connectivity index (χ3v) is 3.20. The molecule has 1 N–H and O–H groups in total. The van der Waals surface area contributed by atoms with Crippen molar-refractivity contribution < 1.29 is 4.42 Å². The van der Waals surface area contributed by atoms with Gasteiger partial charge in [0.25, 0.3) is 0 Å². The molecule has 0 spiro atoms. The first kappa shape index (κ1) is 12.8. The maximum Gasteiger partial charge on any atom is 0.152 e. The van der Waals surface area contributed by atoms with E-state index in [4.69, 9.17) is 4.42 Å². The molecule has 0 aliphatic carbocycles. The number of nitrogens with zero attached hydrogens (tertiary/aromatic N) is 2. The zero-order valence-corrected chi connectivity index (χ0v) is 11.6. The molecule has 20 heavy (non-hydrogen) atoms. The predicted molar refractivity (Wildman–Crippen MR) is 78.5 cm³/mol. The molecule has 0 amide bonds. The summed E-state index contributed by atoms with van der Waals surface area (Å²) in [5, 5.41) is 4.47. The van der Waals surface area contributed by atoms with Gasteiger partial charge in [-0.3, -0.25) is 0 Å². The first-order valence-corrected chi connectivity index (χ1v) is 6.78. The highest BCUT2D eigenvalue weighted by Crippen LogP contribution is 2.26. The van der Waals surface area contributed by atoms with Crippen molar-refractivity contribution in [1.82, 2.24) is 15.3 Å². The van der Waals surface area contributed by atoms with Crippen molar-refractivity contribution in [2.75, 3.05) is 6.54 Å². The number of aromatic nitrogens is 2. The highest BCUT2D eigenvalue weighted by Gasteiger charge is 2.20. The summed E-state index contributed by atoms with van der Waals surface area (Å²) in [5.74, 6) is 1.58. The third-order valence-electron chi connectivity index (χ3n) is 3.20. The number of para-hydroxylation sites is 1. The molecule has 0 aliphatic heterocycles. The molecule has 0 saturated heterocycles. The Labute approximate surface area is 117 Å². The van der Waals surface area contributed by atoms with E-state index in [2.05, 4.69) is 22.2 Å². The Morgan fingerprint density at radius 3 is 2.65 bits per heavy atom. The van der Waals surface area contributed by atoms with Gasteiger partial charge in [0, 0.05) is 17.8 Å². The summed E-state index contributed by atoms with van der Waals surface area (Å²) in [6.45, 7) is 4.86. The van der Waals surface area contributed by atoms with Crippen molar-refractivity contribution in [3.05, 3.63) is 59.9 Å². The highest BCUT2D eigenvalue weighted by molar-refractivity contribution is 5.77. The van der Waals surface area contributed by atoms with Gasteiger partial charge in [-0.1, -0.05) is 25.1 Å². The number of hydrogen-bond donors (Lipinski definition) is 1. The molecule has 0 saturated carbocycles. The summed E-state index contributed by atoms with van der Waals surface area (Å²) in [5.41, 5.74) is 1.94. The van der Waals surface area contributed by atoms with Gasteiger partial charge in [-0.25, -0.2) is 9.97 Å². The van der Waals surface area contributed by atoms with E-state index in [0.29, 0.717) is 0 Å². The second-order valence-electron chi connectivity index (χ2n) is 4.80. The van der Waals surface area contributed by atoms with E-state index < -0.39 is 0 Å². The minimum Gasteiger partial charge on any atom is -0.459 e. The summed E-state index contributed by atoms with van der Waals surface area (Å²) >= 11 is 0. The van der Waals surface area contributed by atoms with Gasteiger partial charge in [0.2, 0.25) is 0 Å². The minimum atomic E-state index is -0.118. The zero-order valence-electron chi connectivity index (χ0n) is 11.6. The fraction of sp³-hybridized carbons (Fsp3) is 0.250. The normalized spacial score (nSPS) is 12.7. The summed E-state index contributed by atoms with van der Waals surface area (Å²) < 4.78 is 5.92. The summed E-state index contributed by atoms with van der Waals surface area (Å²) in [6.07, 6.45) is 3.66. The largest absolute Gasteiger partial charge is 0.459 e. The van der Waals surface area contributed by atoms with Gasteiger partial charge in [0.1, 0.15) is 17.4 Å². The molecule has 3 rings (SSSR count). The second kappa shape index (κ2) is 5.43. The van der Waals surface area contributed by atoms with Gasteiger partial charge in [0.15, 0.2) is 5.82 Å². The van der Waals surface area contributed by atoms with Crippen LogP contribution in [-0.4, -0.2) is 16.5 Å². The Balaban J connectivity index is 2.03. The lowest BCUT2D eigenvalue weighted by Crippen LogP contribution is -2.23. The maximum atomic E-state index is 5.92. The Morgan fingerprint density at radius 2 is 1.95 bits per heavy atom. The standard InChI is InChI=1S/C16H17N3O/c1-3-17-15(16-18-9-11(2)10-19-16)14-8-12-6-4-5-7-13(12)20-14/h4-10,15,17H,3H2,1-2H3. The Kier molecular flexibility index (Phi) is 3.48. The number of hydrogen-bond acceptors (Lipinski definition) is 4. The lowest BCUT2D eigenvalue weighted by molar-refractivity contribution is 0.463. The molecule has 4 nitrogen and oxygen atoms in total. The molecule has 3 aromatic rings. The van der Waals surface area contributed by atoms with Crippen LogP contribution in [0, 0.1) is 6.92 Å². The monoisotopic (exact) mass is 267 g/mol. The van der Waals surface area contributed by atoms with Crippen molar-refractivity contribution >= 4 is 11.0 Å². The van der Waals surface area contributed by atoms with Crippen LogP contribution in [0.2, 0.25) is 0 Å². The average Bonchev–Trinajstić information content (AvgIpc) is 2.89. The summed E-state index contributed by atoms with van der Waals surface area (Å²) in [4.78, 5) is 8.82. The van der Waals surface area contributed by atoms with Crippen molar-refractivity contribution in [2.45, 2.75) is 19.9 Å². The Bertz CT molecular complexity index is 670. The first-order valence-electron chi connectivity index (χ1n) is 6.78. The van der Waals surface area contributed by atoms with Gasteiger partial charge >= 0.3 is 0 Å². The molecule has 2 aromatic heterocycles. The molecule has 4 heteroatoms. The first-order chi connectivity index (χ1) is 9.78. The van der Waals surface area contributed by atoms with Crippen molar-refractivity contribution in [1.29, 1.82) is 0 Å². The van der Waals surface area contributed by atoms with Crippen LogP contribution < -0.4 is 5.32 Å². The molecule has 0 aliphatic rings. The lowest BCUT2D eigenvalue weighted by atomic mass is 10.2. The fourth-order valence-electron chi connectivity index (χ4n) is 2.22. The second-order valence-corrected chi connectivity index (χ2v) is 4.80. The molecular weight excluding hydrogens is 250 g/mol. The summed E-state index contributed by atoms with van der Waals surface area (Å²) in [7, 11) is 0. The predicted octanol–water partition coefficient (Wildman–Crippen LogP) is 3.23. The smallest absolute Gasteiger partial charge is 0.152 e. The molecule has 2 heterocycles. The molecular formula is C16H17N3O. The minimum absolute atomic E-state index is 0.118. The number of rotatable bonds is 4. The van der Waals surface area contributed by atoms with Crippen LogP contribution in [-0.2, 0) is 0 Å². The fourth-order valence-corrected chi connectivity index (χ4v) is 2.22. The maximum absolute atomic E-state index is 5.92. The number of furan rings is 1. The Morgan fingerprint density at radius 1 is 1.20 bits per heavy atom. The summed E-state index contributed by atoms with van der Waals surface area (Å²) in [6, 6.07) is 9.92. The van der Waals surface area contributed by atoms with Crippen LogP contribution in [0.15, 0.2) is 47.1 Å². The van der Waals surface area contributed by atoms with Crippen LogP contribution in [0.1, 0.15) is 30.1 Å². The number of aryl methyl sites for hydroxylation is 1. The highest BCUT2D eigenvalue weighted by atomic mass is 16.3. The third kappa shape index (κ3) is 2.42. The molecule has 1 atom stereocenters. The van der Waals surface area contributed by atoms with Gasteiger partial charge in [-0.15, -0.1) is 0 Å². The quantitative estimate of drug-likeness (QED) is 0.788. The topological polar surface area (TPSA) is 51.0 Å². The van der Waals surface area contributed by atoms with E-state index in [1.165, 1.54) is 0 Å². The van der Waals surface area contributed by atoms with E-state index in [-0.39, 0.29) is 6.04 Å². The van der Waals surface area contributed by atoms with E-state index in [1.807, 2.05) is 49.6 Å². The lowest BCUT2D eigenvalue weighted by Gasteiger charge is -2.13. The van der Waals surface area contributed by atoms with Crippen LogP contribution in [0.3, 0.4) is 0 Å². The van der Waals surface area contributed by atoms with Gasteiger partial charge in [-0.2, -0.15) is 0 Å².